The number of carboxylic acid groups (broad SMARTS) is 1. The van der Waals surface area contributed by atoms with Gasteiger partial charge in [-0.3, -0.25) is 9.59 Å². The Labute approximate surface area is 183 Å². The van der Waals surface area contributed by atoms with Crippen molar-refractivity contribution in [2.45, 2.75) is 45.6 Å². The number of carboxylic acids is 1. The fraction of sp³-hybridized carbons (Fsp3) is 0.318. The van der Waals surface area contributed by atoms with E-state index in [0.29, 0.717) is 35.6 Å². The van der Waals surface area contributed by atoms with E-state index in [4.69, 9.17) is 0 Å². The van der Waals surface area contributed by atoms with Gasteiger partial charge in [0, 0.05) is 12.0 Å². The summed E-state index contributed by atoms with van der Waals surface area (Å²) in [5, 5.41) is 11.7. The lowest BCUT2D eigenvalue weighted by molar-refractivity contribution is -0.139. The van der Waals surface area contributed by atoms with Gasteiger partial charge in [-0.1, -0.05) is 12.1 Å². The van der Waals surface area contributed by atoms with E-state index in [-0.39, 0.29) is 29.7 Å². The van der Waals surface area contributed by atoms with Crippen LogP contribution in [0.3, 0.4) is 0 Å². The fourth-order valence-electron chi connectivity index (χ4n) is 3.13. The van der Waals surface area contributed by atoms with Gasteiger partial charge in [0.2, 0.25) is 0 Å². The van der Waals surface area contributed by atoms with Crippen LogP contribution in [0.5, 0.6) is 0 Å². The highest BCUT2D eigenvalue weighted by atomic mass is 16.4. The molecule has 3 rings (SSSR count). The van der Waals surface area contributed by atoms with Gasteiger partial charge in [-0.2, -0.15) is 0 Å². The maximum absolute atomic E-state index is 12.4. The van der Waals surface area contributed by atoms with Crippen LogP contribution in [0.25, 0.3) is 11.2 Å². The molecule has 0 aliphatic heterocycles. The van der Waals surface area contributed by atoms with Crippen LogP contribution in [0.15, 0.2) is 35.3 Å². The third-order valence-corrected chi connectivity index (χ3v) is 4.86. The van der Waals surface area contributed by atoms with Crippen LogP contribution in [0, 0.1) is 6.92 Å². The Morgan fingerprint density at radius 1 is 1.12 bits per heavy atom. The molecule has 166 valence electrons. The Morgan fingerprint density at radius 3 is 2.50 bits per heavy atom. The molecule has 2 heterocycles. The van der Waals surface area contributed by atoms with Crippen molar-refractivity contribution in [3.05, 3.63) is 63.5 Å². The molecular weight excluding hydrogens is 414 g/mol. The predicted molar refractivity (Wildman–Crippen MR) is 115 cm³/mol. The molecule has 0 saturated carbocycles. The number of nitrogens with zero attached hydrogens (tertiary/aromatic N) is 3. The second-order valence-electron chi connectivity index (χ2n) is 7.49. The first-order valence-electron chi connectivity index (χ1n) is 10.1. The van der Waals surface area contributed by atoms with E-state index in [1.54, 1.807) is 37.4 Å². The number of carbonyl (C=O) groups is 3. The van der Waals surface area contributed by atoms with Gasteiger partial charge >= 0.3 is 5.97 Å². The number of fused-ring (bicyclic) bond motifs is 1. The standard InChI is InChI=1S/C22H23N5O5/c1-12(28)3-10-17(22(31)32)27-20(29)15-7-4-14(5-8-15)6-9-16-11-23-19-18(26-16)21(30)25-13(2)24-19/h4-5,7-8,11,17H,3,6,9-10H2,1-2H3,(H,27,29)(H,31,32)(H,23,24,25,30)/t17-/m0/s1. The molecular formula is C22H23N5O5. The van der Waals surface area contributed by atoms with Crippen molar-refractivity contribution in [3.63, 3.8) is 0 Å². The molecule has 2 aromatic heterocycles. The number of amides is 1. The molecule has 0 radical (unpaired) electrons. The molecule has 3 aromatic rings. The van der Waals surface area contributed by atoms with E-state index in [1.807, 2.05) is 0 Å². The number of aromatic amines is 1. The van der Waals surface area contributed by atoms with E-state index in [0.717, 1.165) is 5.56 Å². The van der Waals surface area contributed by atoms with Crippen molar-refractivity contribution in [1.82, 2.24) is 25.3 Å². The van der Waals surface area contributed by atoms with Crippen molar-refractivity contribution >= 4 is 28.8 Å². The Kier molecular flexibility index (Phi) is 7.04. The zero-order valence-electron chi connectivity index (χ0n) is 17.7. The number of benzene rings is 1. The van der Waals surface area contributed by atoms with Crippen molar-refractivity contribution in [2.75, 3.05) is 0 Å². The van der Waals surface area contributed by atoms with Crippen molar-refractivity contribution in [2.24, 2.45) is 0 Å². The summed E-state index contributed by atoms with van der Waals surface area (Å²) in [6.45, 7) is 3.05. The Bertz CT molecular complexity index is 1220. The summed E-state index contributed by atoms with van der Waals surface area (Å²) >= 11 is 0. The largest absolute Gasteiger partial charge is 0.480 e. The summed E-state index contributed by atoms with van der Waals surface area (Å²) in [6, 6.07) is 5.63. The minimum Gasteiger partial charge on any atom is -0.480 e. The monoisotopic (exact) mass is 437 g/mol. The second kappa shape index (κ2) is 9.90. The van der Waals surface area contributed by atoms with Crippen LogP contribution < -0.4 is 10.9 Å². The topological polar surface area (TPSA) is 155 Å². The van der Waals surface area contributed by atoms with Gasteiger partial charge in [0.1, 0.15) is 17.6 Å². The molecule has 1 aromatic carbocycles. The van der Waals surface area contributed by atoms with Crippen molar-refractivity contribution in [3.8, 4) is 0 Å². The SMILES string of the molecule is CC(=O)CC[C@H](NC(=O)c1ccc(CCc2cnc3nc(C)[nH]c(=O)c3n2)cc1)C(=O)O. The number of carbonyl (C=O) groups excluding carboxylic acids is 2. The van der Waals surface area contributed by atoms with Crippen LogP contribution >= 0.6 is 0 Å². The third-order valence-electron chi connectivity index (χ3n) is 4.86. The fourth-order valence-corrected chi connectivity index (χ4v) is 3.13. The summed E-state index contributed by atoms with van der Waals surface area (Å²) in [6.07, 6.45) is 2.85. The number of aryl methyl sites for hydroxylation is 3. The average molecular weight is 437 g/mol. The van der Waals surface area contributed by atoms with E-state index < -0.39 is 17.9 Å². The molecule has 1 amide bonds. The van der Waals surface area contributed by atoms with Gasteiger partial charge < -0.3 is 20.2 Å². The van der Waals surface area contributed by atoms with Gasteiger partial charge in [0.25, 0.3) is 11.5 Å². The lowest BCUT2D eigenvalue weighted by Crippen LogP contribution is -2.41. The average Bonchev–Trinajstić information content (AvgIpc) is 2.75. The zero-order chi connectivity index (χ0) is 23.3. The van der Waals surface area contributed by atoms with Gasteiger partial charge in [-0.15, -0.1) is 0 Å². The van der Waals surface area contributed by atoms with Crippen LogP contribution in [0.2, 0.25) is 0 Å². The summed E-state index contributed by atoms with van der Waals surface area (Å²) in [5.41, 5.74) is 2.06. The van der Waals surface area contributed by atoms with E-state index >= 15 is 0 Å². The smallest absolute Gasteiger partial charge is 0.326 e. The zero-order valence-corrected chi connectivity index (χ0v) is 17.7. The number of ketones is 1. The number of Topliss-reactive ketones (excluding diaryl/α,β-unsaturated/α-hetero) is 1. The Morgan fingerprint density at radius 2 is 1.84 bits per heavy atom. The molecule has 3 N–H and O–H groups in total. The van der Waals surface area contributed by atoms with Gasteiger partial charge in [-0.25, -0.2) is 19.7 Å². The molecule has 0 aliphatic carbocycles. The minimum absolute atomic E-state index is 0.0409. The number of aliphatic carboxylic acids is 1. The first kappa shape index (κ1) is 22.7. The summed E-state index contributed by atoms with van der Waals surface area (Å²) in [7, 11) is 0. The molecule has 0 saturated heterocycles. The van der Waals surface area contributed by atoms with Crippen LogP contribution in [0.1, 0.15) is 47.2 Å². The maximum Gasteiger partial charge on any atom is 0.326 e. The Balaban J connectivity index is 1.62. The highest BCUT2D eigenvalue weighted by molar-refractivity contribution is 5.96. The lowest BCUT2D eigenvalue weighted by atomic mass is 10.0. The van der Waals surface area contributed by atoms with Crippen LogP contribution in [0.4, 0.5) is 0 Å². The van der Waals surface area contributed by atoms with E-state index in [9.17, 15) is 24.3 Å². The number of hydrogen-bond acceptors (Lipinski definition) is 7. The number of hydrogen-bond donors (Lipinski definition) is 3. The molecule has 0 spiro atoms. The van der Waals surface area contributed by atoms with Gasteiger partial charge in [0.05, 0.1) is 11.9 Å². The van der Waals surface area contributed by atoms with Gasteiger partial charge in [-0.05, 0) is 50.8 Å². The van der Waals surface area contributed by atoms with E-state index in [2.05, 4.69) is 25.3 Å². The number of H-pyrrole nitrogens is 1. The second-order valence-corrected chi connectivity index (χ2v) is 7.49. The Hall–Kier alpha value is -3.95. The third kappa shape index (κ3) is 5.81. The number of rotatable bonds is 9. The highest BCUT2D eigenvalue weighted by Gasteiger charge is 2.21. The molecule has 10 nitrogen and oxygen atoms in total. The molecule has 0 aliphatic rings. The van der Waals surface area contributed by atoms with Gasteiger partial charge in [0.15, 0.2) is 11.2 Å². The lowest BCUT2D eigenvalue weighted by Gasteiger charge is -2.14. The van der Waals surface area contributed by atoms with E-state index in [1.165, 1.54) is 6.92 Å². The maximum atomic E-state index is 12.4. The molecule has 0 fully saturated rings. The number of aromatic nitrogens is 4. The summed E-state index contributed by atoms with van der Waals surface area (Å²) in [4.78, 5) is 62.1. The molecule has 1 atom stereocenters. The normalized spacial score (nSPS) is 11.8. The summed E-state index contributed by atoms with van der Waals surface area (Å²) < 4.78 is 0. The summed E-state index contributed by atoms with van der Waals surface area (Å²) in [5.74, 6) is -1.36. The van der Waals surface area contributed by atoms with Crippen molar-refractivity contribution in [1.29, 1.82) is 0 Å². The molecule has 0 bridgehead atoms. The predicted octanol–water partition coefficient (Wildman–Crippen LogP) is 1.36. The van der Waals surface area contributed by atoms with Crippen molar-refractivity contribution < 1.29 is 19.5 Å². The highest BCUT2D eigenvalue weighted by Crippen LogP contribution is 2.10. The minimum atomic E-state index is -1.18. The van der Waals surface area contributed by atoms with Crippen LogP contribution in [-0.2, 0) is 22.4 Å². The molecule has 0 unspecified atom stereocenters. The molecule has 10 heteroatoms. The first-order chi connectivity index (χ1) is 15.2. The first-order valence-corrected chi connectivity index (χ1v) is 10.1. The number of nitrogens with one attached hydrogen (secondary N) is 2. The molecule has 32 heavy (non-hydrogen) atoms. The quantitative estimate of drug-likeness (QED) is 0.453. The van der Waals surface area contributed by atoms with Crippen LogP contribution in [-0.4, -0.2) is 48.7 Å².